The molecule has 0 bridgehead atoms. The van der Waals surface area contributed by atoms with Crippen molar-refractivity contribution in [2.24, 2.45) is 0 Å². The van der Waals surface area contributed by atoms with E-state index in [-0.39, 0.29) is 17.5 Å². The van der Waals surface area contributed by atoms with Gasteiger partial charge in [-0.15, -0.1) is 0 Å². The van der Waals surface area contributed by atoms with Crippen molar-refractivity contribution in [1.82, 2.24) is 9.97 Å². The highest BCUT2D eigenvalue weighted by atomic mass is 16.2. The van der Waals surface area contributed by atoms with Gasteiger partial charge in [-0.1, -0.05) is 13.3 Å². The van der Waals surface area contributed by atoms with Crippen molar-refractivity contribution in [3.8, 4) is 0 Å². The van der Waals surface area contributed by atoms with Gasteiger partial charge in [0.25, 0.3) is 5.91 Å². The summed E-state index contributed by atoms with van der Waals surface area (Å²) in [4.78, 5) is 33.7. The Balaban J connectivity index is 1.97. The number of hydrogen-bond acceptors (Lipinski definition) is 5. The van der Waals surface area contributed by atoms with Gasteiger partial charge in [-0.25, -0.2) is 9.97 Å². The van der Waals surface area contributed by atoms with Crippen LogP contribution in [0.3, 0.4) is 0 Å². The number of rotatable bonds is 7. The van der Waals surface area contributed by atoms with Crippen LogP contribution in [0.1, 0.15) is 37.2 Å². The van der Waals surface area contributed by atoms with Gasteiger partial charge in [0.15, 0.2) is 0 Å². The lowest BCUT2D eigenvalue weighted by molar-refractivity contribution is -0.114. The second-order valence-corrected chi connectivity index (χ2v) is 5.75. The predicted octanol–water partition coefficient (Wildman–Crippen LogP) is 2.92. The number of hydrogen-bond donors (Lipinski definition) is 2. The van der Waals surface area contributed by atoms with E-state index in [0.717, 1.165) is 25.2 Å². The standard InChI is InChI=1S/C18H23N5O2/c1-4-5-10-23(3)17-12-19-16(11-20-17)18(25)22-15-8-6-14(7-9-15)21-13(2)24/h6-9,11-12H,4-5,10H2,1-3H3,(H,21,24)(H,22,25). The van der Waals surface area contributed by atoms with Crippen molar-refractivity contribution in [2.75, 3.05) is 29.1 Å². The molecule has 0 aliphatic rings. The smallest absolute Gasteiger partial charge is 0.275 e. The molecule has 1 aromatic heterocycles. The molecule has 0 radical (unpaired) electrons. The molecule has 132 valence electrons. The zero-order valence-electron chi connectivity index (χ0n) is 14.7. The Bertz CT molecular complexity index is 713. The van der Waals surface area contributed by atoms with Crippen LogP contribution >= 0.6 is 0 Å². The molecular formula is C18H23N5O2. The number of nitrogens with zero attached hydrogens (tertiary/aromatic N) is 3. The molecule has 7 nitrogen and oxygen atoms in total. The minimum Gasteiger partial charge on any atom is -0.358 e. The summed E-state index contributed by atoms with van der Waals surface area (Å²) in [7, 11) is 1.95. The highest BCUT2D eigenvalue weighted by molar-refractivity contribution is 6.02. The van der Waals surface area contributed by atoms with Gasteiger partial charge in [0, 0.05) is 31.9 Å². The van der Waals surface area contributed by atoms with Gasteiger partial charge in [-0.05, 0) is 30.7 Å². The van der Waals surface area contributed by atoms with Crippen LogP contribution < -0.4 is 15.5 Å². The first-order chi connectivity index (χ1) is 12.0. The van der Waals surface area contributed by atoms with Gasteiger partial charge < -0.3 is 15.5 Å². The summed E-state index contributed by atoms with van der Waals surface area (Å²) in [6.07, 6.45) is 5.26. The summed E-state index contributed by atoms with van der Waals surface area (Å²) in [5.74, 6) is 0.267. The Morgan fingerprint density at radius 1 is 1.04 bits per heavy atom. The molecule has 0 spiro atoms. The third-order valence-corrected chi connectivity index (χ3v) is 3.57. The summed E-state index contributed by atoms with van der Waals surface area (Å²) in [6.45, 7) is 4.48. The third kappa shape index (κ3) is 5.56. The molecule has 7 heteroatoms. The van der Waals surface area contributed by atoms with E-state index in [9.17, 15) is 9.59 Å². The largest absolute Gasteiger partial charge is 0.358 e. The Morgan fingerprint density at radius 3 is 2.20 bits per heavy atom. The molecule has 0 aliphatic carbocycles. The van der Waals surface area contributed by atoms with Crippen LogP contribution in [-0.2, 0) is 4.79 Å². The second kappa shape index (κ2) is 8.77. The van der Waals surface area contributed by atoms with Gasteiger partial charge in [-0.3, -0.25) is 9.59 Å². The van der Waals surface area contributed by atoms with Gasteiger partial charge >= 0.3 is 0 Å². The maximum atomic E-state index is 12.2. The first-order valence-corrected chi connectivity index (χ1v) is 8.21. The van der Waals surface area contributed by atoms with E-state index < -0.39 is 0 Å². The van der Waals surface area contributed by atoms with E-state index in [1.807, 2.05) is 11.9 Å². The summed E-state index contributed by atoms with van der Waals surface area (Å²) in [5.41, 5.74) is 1.54. The average molecular weight is 341 g/mol. The molecule has 0 aliphatic heterocycles. The zero-order chi connectivity index (χ0) is 18.2. The molecule has 0 saturated carbocycles. The Kier molecular flexibility index (Phi) is 6.45. The van der Waals surface area contributed by atoms with Crippen LogP contribution in [0, 0.1) is 0 Å². The van der Waals surface area contributed by atoms with E-state index in [1.165, 1.54) is 13.1 Å². The van der Waals surface area contributed by atoms with Gasteiger partial charge in [0.1, 0.15) is 11.5 Å². The van der Waals surface area contributed by atoms with E-state index >= 15 is 0 Å². The lowest BCUT2D eigenvalue weighted by atomic mass is 10.2. The summed E-state index contributed by atoms with van der Waals surface area (Å²) in [5, 5.41) is 5.42. The fourth-order valence-corrected chi connectivity index (χ4v) is 2.18. The molecule has 2 aromatic rings. The summed E-state index contributed by atoms with van der Waals surface area (Å²) < 4.78 is 0. The van der Waals surface area contributed by atoms with Gasteiger partial charge in [-0.2, -0.15) is 0 Å². The normalized spacial score (nSPS) is 10.2. The Labute approximate surface area is 147 Å². The topological polar surface area (TPSA) is 87.2 Å². The highest BCUT2D eigenvalue weighted by Gasteiger charge is 2.10. The van der Waals surface area contributed by atoms with Crippen LogP contribution in [0.5, 0.6) is 0 Å². The number of aromatic nitrogens is 2. The van der Waals surface area contributed by atoms with Crippen LogP contribution in [0.15, 0.2) is 36.7 Å². The fourth-order valence-electron chi connectivity index (χ4n) is 2.18. The van der Waals surface area contributed by atoms with Crippen molar-refractivity contribution >= 4 is 29.0 Å². The number of nitrogens with one attached hydrogen (secondary N) is 2. The lowest BCUT2D eigenvalue weighted by Crippen LogP contribution is -2.21. The molecule has 0 unspecified atom stereocenters. The average Bonchev–Trinajstić information content (AvgIpc) is 2.61. The molecule has 2 rings (SSSR count). The van der Waals surface area contributed by atoms with Crippen molar-refractivity contribution in [1.29, 1.82) is 0 Å². The number of unbranched alkanes of at least 4 members (excludes halogenated alkanes) is 1. The monoisotopic (exact) mass is 341 g/mol. The number of carbonyl (C=O) groups excluding carboxylic acids is 2. The van der Waals surface area contributed by atoms with E-state index in [2.05, 4.69) is 27.5 Å². The molecule has 0 saturated heterocycles. The number of anilines is 3. The molecule has 2 amide bonds. The van der Waals surface area contributed by atoms with Gasteiger partial charge in [0.2, 0.25) is 5.91 Å². The minimum atomic E-state index is -0.331. The molecule has 25 heavy (non-hydrogen) atoms. The SMILES string of the molecule is CCCCN(C)c1cnc(C(=O)Nc2ccc(NC(C)=O)cc2)cn1. The van der Waals surface area contributed by atoms with Crippen molar-refractivity contribution in [2.45, 2.75) is 26.7 Å². The van der Waals surface area contributed by atoms with Gasteiger partial charge in [0.05, 0.1) is 12.4 Å². The third-order valence-electron chi connectivity index (χ3n) is 3.57. The molecule has 2 N–H and O–H groups in total. The van der Waals surface area contributed by atoms with Crippen LogP contribution in [0.25, 0.3) is 0 Å². The van der Waals surface area contributed by atoms with Crippen molar-refractivity contribution < 1.29 is 9.59 Å². The number of carbonyl (C=O) groups is 2. The lowest BCUT2D eigenvalue weighted by Gasteiger charge is -2.17. The van der Waals surface area contributed by atoms with Crippen LogP contribution in [-0.4, -0.2) is 35.4 Å². The number of amides is 2. The van der Waals surface area contributed by atoms with E-state index in [4.69, 9.17) is 0 Å². The fraction of sp³-hybridized carbons (Fsp3) is 0.333. The summed E-state index contributed by atoms with van der Waals surface area (Å²) >= 11 is 0. The minimum absolute atomic E-state index is 0.143. The Hall–Kier alpha value is -2.96. The predicted molar refractivity (Wildman–Crippen MR) is 98.9 cm³/mol. The zero-order valence-corrected chi connectivity index (χ0v) is 14.7. The molecule has 1 aromatic carbocycles. The molecule has 0 fully saturated rings. The second-order valence-electron chi connectivity index (χ2n) is 5.75. The highest BCUT2D eigenvalue weighted by Crippen LogP contribution is 2.15. The molecular weight excluding hydrogens is 318 g/mol. The van der Waals surface area contributed by atoms with Crippen LogP contribution in [0.4, 0.5) is 17.2 Å². The molecule has 1 heterocycles. The first kappa shape index (κ1) is 18.4. The van der Waals surface area contributed by atoms with Crippen LogP contribution in [0.2, 0.25) is 0 Å². The Morgan fingerprint density at radius 2 is 1.68 bits per heavy atom. The number of benzene rings is 1. The van der Waals surface area contributed by atoms with Crippen molar-refractivity contribution in [3.63, 3.8) is 0 Å². The quantitative estimate of drug-likeness (QED) is 0.808. The maximum absolute atomic E-state index is 12.2. The van der Waals surface area contributed by atoms with Crippen molar-refractivity contribution in [3.05, 3.63) is 42.4 Å². The summed E-state index contributed by atoms with van der Waals surface area (Å²) in [6, 6.07) is 6.86. The maximum Gasteiger partial charge on any atom is 0.275 e. The van der Waals surface area contributed by atoms with E-state index in [1.54, 1.807) is 30.5 Å². The first-order valence-electron chi connectivity index (χ1n) is 8.21. The molecule has 0 atom stereocenters. The van der Waals surface area contributed by atoms with E-state index in [0.29, 0.717) is 11.4 Å².